The summed E-state index contributed by atoms with van der Waals surface area (Å²) in [6.07, 6.45) is 5.39. The number of likely N-dealkylation sites (tertiary alicyclic amines) is 1. The van der Waals surface area contributed by atoms with Crippen LogP contribution in [-0.2, 0) is 4.79 Å². The number of piperidine rings is 1. The first kappa shape index (κ1) is 18.7. The molecule has 1 aliphatic carbocycles. The van der Waals surface area contributed by atoms with Crippen LogP contribution in [0.3, 0.4) is 0 Å². The Bertz CT molecular complexity index is 694. The molecular weight excluding hydrogens is 335 g/mol. The van der Waals surface area contributed by atoms with Gasteiger partial charge in [-0.05, 0) is 43.9 Å². The minimum Gasteiger partial charge on any atom is -0.494 e. The van der Waals surface area contributed by atoms with Gasteiger partial charge in [-0.15, -0.1) is 0 Å². The van der Waals surface area contributed by atoms with Crippen molar-refractivity contribution in [3.63, 3.8) is 0 Å². The van der Waals surface area contributed by atoms with Crippen molar-refractivity contribution in [1.82, 2.24) is 10.2 Å². The molecule has 0 bridgehead atoms. The molecule has 0 spiro atoms. The number of fused-ring (bicyclic) bond motifs is 1. The van der Waals surface area contributed by atoms with Crippen LogP contribution in [0, 0.1) is 11.2 Å². The lowest BCUT2D eigenvalue weighted by Crippen LogP contribution is -2.56. The summed E-state index contributed by atoms with van der Waals surface area (Å²) < 4.78 is 18.7. The molecule has 3 rings (SSSR count). The lowest BCUT2D eigenvalue weighted by atomic mass is 9.74. The van der Waals surface area contributed by atoms with E-state index < -0.39 is 5.82 Å². The van der Waals surface area contributed by atoms with E-state index in [0.717, 1.165) is 38.6 Å². The van der Waals surface area contributed by atoms with Crippen molar-refractivity contribution in [2.45, 2.75) is 51.5 Å². The van der Waals surface area contributed by atoms with Crippen molar-refractivity contribution in [2.24, 2.45) is 5.41 Å². The summed E-state index contributed by atoms with van der Waals surface area (Å²) in [5.41, 5.74) is 0.232. The van der Waals surface area contributed by atoms with Crippen LogP contribution in [-0.4, -0.2) is 43.0 Å². The SMILES string of the molecule is CCCN1C(=O)CC[C@]2(CNC(=O)c3ccc(OC)c(F)c3)CCC[C@@H]12. The number of hydrogen-bond donors (Lipinski definition) is 1. The normalized spacial score (nSPS) is 25.1. The molecule has 2 aliphatic rings. The number of methoxy groups -OCH3 is 1. The summed E-state index contributed by atoms with van der Waals surface area (Å²) in [6.45, 7) is 3.39. The number of carbonyl (C=O) groups excluding carboxylic acids is 2. The van der Waals surface area contributed by atoms with Gasteiger partial charge in [0.25, 0.3) is 5.91 Å². The zero-order valence-corrected chi connectivity index (χ0v) is 15.5. The van der Waals surface area contributed by atoms with Crippen LogP contribution in [0.1, 0.15) is 55.8 Å². The molecule has 5 nitrogen and oxygen atoms in total. The van der Waals surface area contributed by atoms with Crippen molar-refractivity contribution in [1.29, 1.82) is 0 Å². The third-order valence-electron chi connectivity index (χ3n) is 5.87. The first-order valence-corrected chi connectivity index (χ1v) is 9.42. The molecule has 1 aromatic carbocycles. The number of ether oxygens (including phenoxy) is 1. The number of hydrogen-bond acceptors (Lipinski definition) is 3. The van der Waals surface area contributed by atoms with Crippen LogP contribution in [0.15, 0.2) is 18.2 Å². The van der Waals surface area contributed by atoms with Crippen LogP contribution < -0.4 is 10.1 Å². The highest BCUT2D eigenvalue weighted by atomic mass is 19.1. The van der Waals surface area contributed by atoms with Crippen LogP contribution in [0.5, 0.6) is 5.75 Å². The molecule has 1 saturated carbocycles. The topological polar surface area (TPSA) is 58.6 Å². The minimum absolute atomic E-state index is 0.0518. The molecule has 0 radical (unpaired) electrons. The molecule has 1 N–H and O–H groups in total. The zero-order chi connectivity index (χ0) is 18.7. The van der Waals surface area contributed by atoms with Gasteiger partial charge in [0.05, 0.1) is 7.11 Å². The fourth-order valence-electron chi connectivity index (χ4n) is 4.55. The van der Waals surface area contributed by atoms with Crippen molar-refractivity contribution < 1.29 is 18.7 Å². The van der Waals surface area contributed by atoms with Gasteiger partial charge in [0, 0.05) is 36.5 Å². The summed E-state index contributed by atoms with van der Waals surface area (Å²) in [5.74, 6) is -0.477. The van der Waals surface area contributed by atoms with Gasteiger partial charge in [-0.2, -0.15) is 0 Å². The third-order valence-corrected chi connectivity index (χ3v) is 5.87. The van der Waals surface area contributed by atoms with Gasteiger partial charge < -0.3 is 15.0 Å². The number of amides is 2. The molecule has 2 atom stereocenters. The maximum absolute atomic E-state index is 13.8. The highest BCUT2D eigenvalue weighted by molar-refractivity contribution is 5.94. The maximum Gasteiger partial charge on any atom is 0.251 e. The van der Waals surface area contributed by atoms with Gasteiger partial charge >= 0.3 is 0 Å². The highest BCUT2D eigenvalue weighted by Gasteiger charge is 2.49. The largest absolute Gasteiger partial charge is 0.494 e. The molecule has 26 heavy (non-hydrogen) atoms. The van der Waals surface area contributed by atoms with E-state index in [1.807, 2.05) is 4.90 Å². The number of rotatable bonds is 6. The molecule has 142 valence electrons. The lowest BCUT2D eigenvalue weighted by molar-refractivity contribution is -0.141. The second-order valence-corrected chi connectivity index (χ2v) is 7.39. The molecule has 2 fully saturated rings. The van der Waals surface area contributed by atoms with Crippen molar-refractivity contribution in [3.05, 3.63) is 29.6 Å². The predicted octanol–water partition coefficient (Wildman–Crippen LogP) is 3.14. The smallest absolute Gasteiger partial charge is 0.251 e. The number of nitrogens with zero attached hydrogens (tertiary/aromatic N) is 1. The van der Waals surface area contributed by atoms with E-state index in [-0.39, 0.29) is 34.6 Å². The van der Waals surface area contributed by atoms with Crippen LogP contribution in [0.4, 0.5) is 4.39 Å². The maximum atomic E-state index is 13.8. The third kappa shape index (κ3) is 3.41. The van der Waals surface area contributed by atoms with Gasteiger partial charge in [-0.3, -0.25) is 9.59 Å². The van der Waals surface area contributed by atoms with E-state index in [1.54, 1.807) is 6.07 Å². The molecule has 6 heteroatoms. The Morgan fingerprint density at radius 3 is 2.92 bits per heavy atom. The average Bonchev–Trinajstić information content (AvgIpc) is 3.07. The number of benzene rings is 1. The molecule has 0 unspecified atom stereocenters. The Morgan fingerprint density at radius 2 is 2.23 bits per heavy atom. The first-order valence-electron chi connectivity index (χ1n) is 9.42. The van der Waals surface area contributed by atoms with Crippen LogP contribution in [0.25, 0.3) is 0 Å². The highest BCUT2D eigenvalue weighted by Crippen LogP contribution is 2.47. The van der Waals surface area contributed by atoms with E-state index in [0.29, 0.717) is 13.0 Å². The zero-order valence-electron chi connectivity index (χ0n) is 15.5. The quantitative estimate of drug-likeness (QED) is 0.846. The molecule has 1 aromatic rings. The van der Waals surface area contributed by atoms with Crippen LogP contribution in [0.2, 0.25) is 0 Å². The van der Waals surface area contributed by atoms with Crippen molar-refractivity contribution in [2.75, 3.05) is 20.2 Å². The monoisotopic (exact) mass is 362 g/mol. The molecule has 2 amide bonds. The Kier molecular flexibility index (Phi) is 5.49. The number of nitrogens with one attached hydrogen (secondary N) is 1. The average molecular weight is 362 g/mol. The van der Waals surface area contributed by atoms with Gasteiger partial charge in [0.15, 0.2) is 11.6 Å². The van der Waals surface area contributed by atoms with Crippen molar-refractivity contribution in [3.8, 4) is 5.75 Å². The standard InChI is InChI=1S/C20H27FN2O3/c1-3-11-23-17-5-4-9-20(17,10-8-18(23)24)13-22-19(25)14-6-7-16(26-2)15(21)12-14/h6-7,12,17H,3-5,8-11,13H2,1-2H3,(H,22,25)/t17-,20+/m1/s1. The summed E-state index contributed by atoms with van der Waals surface area (Å²) >= 11 is 0. The fourth-order valence-corrected chi connectivity index (χ4v) is 4.55. The van der Waals surface area contributed by atoms with Gasteiger partial charge in [-0.1, -0.05) is 13.3 Å². The molecule has 1 aliphatic heterocycles. The summed E-state index contributed by atoms with van der Waals surface area (Å²) in [6, 6.07) is 4.43. The van der Waals surface area contributed by atoms with E-state index in [1.165, 1.54) is 19.2 Å². The Labute approximate surface area is 153 Å². The molecule has 1 heterocycles. The van der Waals surface area contributed by atoms with Crippen molar-refractivity contribution >= 4 is 11.8 Å². The number of carbonyl (C=O) groups is 2. The lowest BCUT2D eigenvalue weighted by Gasteiger charge is -2.46. The fraction of sp³-hybridized carbons (Fsp3) is 0.600. The van der Waals surface area contributed by atoms with Gasteiger partial charge in [0.2, 0.25) is 5.91 Å². The molecule has 0 aromatic heterocycles. The minimum atomic E-state index is -0.547. The molecular formula is C20H27FN2O3. The Balaban J connectivity index is 1.70. The summed E-state index contributed by atoms with van der Waals surface area (Å²) in [7, 11) is 1.39. The second kappa shape index (κ2) is 7.64. The second-order valence-electron chi connectivity index (χ2n) is 7.39. The summed E-state index contributed by atoms with van der Waals surface area (Å²) in [5, 5.41) is 2.99. The first-order chi connectivity index (χ1) is 12.5. The van der Waals surface area contributed by atoms with E-state index in [2.05, 4.69) is 12.2 Å². The van der Waals surface area contributed by atoms with E-state index in [4.69, 9.17) is 4.74 Å². The van der Waals surface area contributed by atoms with Crippen LogP contribution >= 0.6 is 0 Å². The summed E-state index contributed by atoms with van der Waals surface area (Å²) in [4.78, 5) is 26.8. The van der Waals surface area contributed by atoms with Gasteiger partial charge in [-0.25, -0.2) is 4.39 Å². The van der Waals surface area contributed by atoms with Gasteiger partial charge in [0.1, 0.15) is 0 Å². The number of halogens is 1. The van der Waals surface area contributed by atoms with E-state index >= 15 is 0 Å². The molecule has 1 saturated heterocycles. The Morgan fingerprint density at radius 1 is 1.42 bits per heavy atom. The van der Waals surface area contributed by atoms with E-state index in [9.17, 15) is 14.0 Å². The Hall–Kier alpha value is -2.11. The predicted molar refractivity (Wildman–Crippen MR) is 96.6 cm³/mol.